The van der Waals surface area contributed by atoms with E-state index in [1.807, 2.05) is 30.0 Å². The van der Waals surface area contributed by atoms with Gasteiger partial charge in [0, 0.05) is 44.5 Å². The first-order valence-electron chi connectivity index (χ1n) is 6.90. The summed E-state index contributed by atoms with van der Waals surface area (Å²) in [6.07, 6.45) is 3.53. The third-order valence-electron chi connectivity index (χ3n) is 3.60. The Balaban J connectivity index is 1.97. The van der Waals surface area contributed by atoms with Crippen LogP contribution >= 0.6 is 0 Å². The number of anilines is 1. The van der Waals surface area contributed by atoms with Gasteiger partial charge in [-0.1, -0.05) is 6.58 Å². The van der Waals surface area contributed by atoms with E-state index in [0.29, 0.717) is 11.5 Å². The summed E-state index contributed by atoms with van der Waals surface area (Å²) in [5.41, 5.74) is 1.65. The molecule has 5 heteroatoms. The van der Waals surface area contributed by atoms with Crippen LogP contribution in [0.4, 0.5) is 5.82 Å². The van der Waals surface area contributed by atoms with Gasteiger partial charge in [-0.25, -0.2) is 9.97 Å². The molecule has 0 aliphatic carbocycles. The van der Waals surface area contributed by atoms with E-state index in [-0.39, 0.29) is 5.91 Å². The van der Waals surface area contributed by atoms with E-state index in [4.69, 9.17) is 0 Å². The molecule has 1 aliphatic heterocycles. The fourth-order valence-corrected chi connectivity index (χ4v) is 2.49. The van der Waals surface area contributed by atoms with Crippen LogP contribution in [0.15, 0.2) is 24.5 Å². The van der Waals surface area contributed by atoms with Gasteiger partial charge in [0.05, 0.1) is 0 Å². The van der Waals surface area contributed by atoms with Crippen LogP contribution in [-0.2, 0) is 11.2 Å². The normalized spacial score (nSPS) is 18.1. The van der Waals surface area contributed by atoms with Crippen LogP contribution in [0, 0.1) is 5.92 Å². The Bertz CT molecular complexity index is 512. The zero-order valence-corrected chi connectivity index (χ0v) is 12.5. The van der Waals surface area contributed by atoms with E-state index < -0.39 is 0 Å². The highest BCUT2D eigenvalue weighted by molar-refractivity contribution is 5.92. The highest BCUT2D eigenvalue weighted by atomic mass is 16.2. The van der Waals surface area contributed by atoms with E-state index in [9.17, 15) is 4.79 Å². The van der Waals surface area contributed by atoms with Crippen molar-refractivity contribution in [2.75, 3.05) is 32.1 Å². The Morgan fingerprint density at radius 1 is 1.50 bits per heavy atom. The molecular weight excluding hydrogens is 252 g/mol. The maximum absolute atomic E-state index is 11.9. The predicted molar refractivity (Wildman–Crippen MR) is 79.6 cm³/mol. The van der Waals surface area contributed by atoms with Crippen molar-refractivity contribution in [3.8, 4) is 0 Å². The Hall–Kier alpha value is -1.91. The number of carbonyl (C=O) groups excluding carboxylic acids is 1. The van der Waals surface area contributed by atoms with Gasteiger partial charge in [-0.3, -0.25) is 4.79 Å². The Labute approximate surface area is 120 Å². The summed E-state index contributed by atoms with van der Waals surface area (Å²) in [5.74, 6) is 1.47. The second-order valence-electron chi connectivity index (χ2n) is 5.65. The van der Waals surface area contributed by atoms with Gasteiger partial charge in [0.25, 0.3) is 0 Å². The SMILES string of the molecule is C=C(C)C(=O)N1CCC(Cc2cc(N(C)C)ncn2)C1. The van der Waals surface area contributed by atoms with Crippen LogP contribution in [-0.4, -0.2) is 48.0 Å². The lowest BCUT2D eigenvalue weighted by molar-refractivity contribution is -0.126. The van der Waals surface area contributed by atoms with Crippen molar-refractivity contribution >= 4 is 11.7 Å². The first-order valence-corrected chi connectivity index (χ1v) is 6.90. The fraction of sp³-hybridized carbons (Fsp3) is 0.533. The number of nitrogens with zero attached hydrogens (tertiary/aromatic N) is 4. The summed E-state index contributed by atoms with van der Waals surface area (Å²) in [5, 5.41) is 0. The Morgan fingerprint density at radius 2 is 2.25 bits per heavy atom. The number of amides is 1. The average molecular weight is 274 g/mol. The molecule has 1 aliphatic rings. The minimum atomic E-state index is 0.0733. The first kappa shape index (κ1) is 14.5. The summed E-state index contributed by atoms with van der Waals surface area (Å²) < 4.78 is 0. The summed E-state index contributed by atoms with van der Waals surface area (Å²) >= 11 is 0. The zero-order valence-electron chi connectivity index (χ0n) is 12.5. The maximum atomic E-state index is 11.9. The van der Waals surface area contributed by atoms with Gasteiger partial charge < -0.3 is 9.80 Å². The smallest absolute Gasteiger partial charge is 0.248 e. The molecular formula is C15H22N4O. The Morgan fingerprint density at radius 3 is 2.90 bits per heavy atom. The van der Waals surface area contributed by atoms with Crippen molar-refractivity contribution in [2.45, 2.75) is 19.8 Å². The number of hydrogen-bond acceptors (Lipinski definition) is 4. The molecule has 1 atom stereocenters. The minimum absolute atomic E-state index is 0.0733. The molecule has 1 aromatic heterocycles. The maximum Gasteiger partial charge on any atom is 0.248 e. The van der Waals surface area contributed by atoms with Crippen molar-refractivity contribution in [2.24, 2.45) is 5.92 Å². The molecule has 20 heavy (non-hydrogen) atoms. The van der Waals surface area contributed by atoms with Crippen LogP contribution < -0.4 is 4.90 Å². The second kappa shape index (κ2) is 6.03. The van der Waals surface area contributed by atoms with Gasteiger partial charge in [0.2, 0.25) is 5.91 Å². The van der Waals surface area contributed by atoms with Crippen LogP contribution in [0.2, 0.25) is 0 Å². The van der Waals surface area contributed by atoms with Gasteiger partial charge in [-0.2, -0.15) is 0 Å². The lowest BCUT2D eigenvalue weighted by Crippen LogP contribution is -2.29. The molecule has 0 radical (unpaired) electrons. The van der Waals surface area contributed by atoms with Crippen molar-refractivity contribution in [3.63, 3.8) is 0 Å². The Kier molecular flexibility index (Phi) is 4.37. The average Bonchev–Trinajstić information content (AvgIpc) is 2.86. The lowest BCUT2D eigenvalue weighted by atomic mass is 10.0. The number of aromatic nitrogens is 2. The van der Waals surface area contributed by atoms with Gasteiger partial charge in [0.15, 0.2) is 0 Å². The van der Waals surface area contributed by atoms with E-state index in [0.717, 1.165) is 37.4 Å². The number of likely N-dealkylation sites (tertiary alicyclic amines) is 1. The first-order chi connectivity index (χ1) is 9.47. The van der Waals surface area contributed by atoms with E-state index in [1.165, 1.54) is 0 Å². The third-order valence-corrected chi connectivity index (χ3v) is 3.60. The molecule has 0 aromatic carbocycles. The van der Waals surface area contributed by atoms with E-state index >= 15 is 0 Å². The van der Waals surface area contributed by atoms with Crippen LogP contribution in [0.1, 0.15) is 19.0 Å². The highest BCUT2D eigenvalue weighted by Gasteiger charge is 2.26. The van der Waals surface area contributed by atoms with Gasteiger partial charge in [-0.15, -0.1) is 0 Å². The number of rotatable bonds is 4. The van der Waals surface area contributed by atoms with Crippen molar-refractivity contribution in [3.05, 3.63) is 30.2 Å². The van der Waals surface area contributed by atoms with Crippen molar-refractivity contribution in [1.82, 2.24) is 14.9 Å². The molecule has 2 heterocycles. The monoisotopic (exact) mass is 274 g/mol. The largest absolute Gasteiger partial charge is 0.363 e. The van der Waals surface area contributed by atoms with Crippen LogP contribution in [0.5, 0.6) is 0 Å². The van der Waals surface area contributed by atoms with Gasteiger partial charge in [-0.05, 0) is 25.7 Å². The molecule has 5 nitrogen and oxygen atoms in total. The molecule has 1 amide bonds. The molecule has 0 spiro atoms. The molecule has 0 bridgehead atoms. The van der Waals surface area contributed by atoms with Gasteiger partial charge in [0.1, 0.15) is 12.1 Å². The quantitative estimate of drug-likeness (QED) is 0.781. The van der Waals surface area contributed by atoms with E-state index in [1.54, 1.807) is 13.3 Å². The standard InChI is InChI=1S/C15H22N4O/c1-11(2)15(20)19-6-5-12(9-19)7-13-8-14(18(3)4)17-10-16-13/h8,10,12H,1,5-7,9H2,2-4H3. The fourth-order valence-electron chi connectivity index (χ4n) is 2.49. The van der Waals surface area contributed by atoms with Crippen molar-refractivity contribution < 1.29 is 4.79 Å². The minimum Gasteiger partial charge on any atom is -0.363 e. The van der Waals surface area contributed by atoms with E-state index in [2.05, 4.69) is 16.5 Å². The summed E-state index contributed by atoms with van der Waals surface area (Å²) in [6.45, 7) is 7.11. The molecule has 0 saturated carbocycles. The number of hydrogen-bond donors (Lipinski definition) is 0. The third kappa shape index (κ3) is 3.35. The number of carbonyl (C=O) groups is 1. The molecule has 1 unspecified atom stereocenters. The molecule has 0 N–H and O–H groups in total. The predicted octanol–water partition coefficient (Wildman–Crippen LogP) is 1.51. The van der Waals surface area contributed by atoms with Crippen molar-refractivity contribution in [1.29, 1.82) is 0 Å². The molecule has 2 rings (SSSR count). The van der Waals surface area contributed by atoms with Gasteiger partial charge >= 0.3 is 0 Å². The molecule has 1 fully saturated rings. The second-order valence-corrected chi connectivity index (χ2v) is 5.65. The van der Waals surface area contributed by atoms with Crippen LogP contribution in [0.3, 0.4) is 0 Å². The summed E-state index contributed by atoms with van der Waals surface area (Å²) in [7, 11) is 3.93. The molecule has 1 aromatic rings. The summed E-state index contributed by atoms with van der Waals surface area (Å²) in [4.78, 5) is 24.3. The summed E-state index contributed by atoms with van der Waals surface area (Å²) in [6, 6.07) is 2.02. The highest BCUT2D eigenvalue weighted by Crippen LogP contribution is 2.22. The lowest BCUT2D eigenvalue weighted by Gasteiger charge is -2.16. The zero-order chi connectivity index (χ0) is 14.7. The topological polar surface area (TPSA) is 49.3 Å². The molecule has 1 saturated heterocycles. The molecule has 108 valence electrons. The van der Waals surface area contributed by atoms with Crippen LogP contribution in [0.25, 0.3) is 0 Å².